The van der Waals surface area contributed by atoms with Gasteiger partial charge in [-0.05, 0) is 27.7 Å². The van der Waals surface area contributed by atoms with Crippen LogP contribution in [0.2, 0.25) is 0 Å². The Morgan fingerprint density at radius 3 is 2.06 bits per heavy atom. The van der Waals surface area contributed by atoms with Gasteiger partial charge in [0.1, 0.15) is 6.33 Å². The quantitative estimate of drug-likeness (QED) is 0.722. The largest absolute Gasteiger partial charge is 0.516 e. The van der Waals surface area contributed by atoms with Gasteiger partial charge in [-0.3, -0.25) is 0 Å². The van der Waals surface area contributed by atoms with Crippen LogP contribution in [-0.4, -0.2) is 27.9 Å². The molecule has 0 radical (unpaired) electrons. The van der Waals surface area contributed by atoms with Gasteiger partial charge in [0.15, 0.2) is 0 Å². The van der Waals surface area contributed by atoms with Crippen LogP contribution < -0.4 is 5.59 Å². The SMILES string of the molecule is CC1(C)OB(c2cn(C(F)(F)F)cn2)OC1(C)C. The molecule has 0 saturated carbocycles. The molecule has 2 rings (SSSR count). The fourth-order valence-electron chi connectivity index (χ4n) is 1.56. The van der Waals surface area contributed by atoms with Crippen molar-refractivity contribution >= 4 is 12.7 Å². The number of imidazole rings is 1. The van der Waals surface area contributed by atoms with Crippen molar-refractivity contribution < 1.29 is 22.5 Å². The molecule has 0 unspecified atom stereocenters. The topological polar surface area (TPSA) is 36.3 Å². The van der Waals surface area contributed by atoms with Crippen molar-refractivity contribution in [2.75, 3.05) is 0 Å². The van der Waals surface area contributed by atoms with Gasteiger partial charge in [0, 0.05) is 6.20 Å². The molecule has 1 aliphatic heterocycles. The Morgan fingerprint density at radius 1 is 1.17 bits per heavy atom. The molecule has 1 aromatic rings. The molecule has 0 aliphatic carbocycles. The maximum atomic E-state index is 12.4. The minimum absolute atomic E-state index is 0.0768. The van der Waals surface area contributed by atoms with Gasteiger partial charge in [0.2, 0.25) is 0 Å². The zero-order valence-electron chi connectivity index (χ0n) is 10.6. The van der Waals surface area contributed by atoms with E-state index in [4.69, 9.17) is 9.31 Å². The Bertz CT molecular complexity index is 440. The predicted molar refractivity (Wildman–Crippen MR) is 59.2 cm³/mol. The van der Waals surface area contributed by atoms with E-state index in [0.29, 0.717) is 6.33 Å². The van der Waals surface area contributed by atoms with Gasteiger partial charge in [-0.25, -0.2) is 9.55 Å². The molecule has 0 N–H and O–H groups in total. The Morgan fingerprint density at radius 2 is 1.67 bits per heavy atom. The van der Waals surface area contributed by atoms with Gasteiger partial charge in [0.05, 0.1) is 16.8 Å². The molecular formula is C10H14BF3N2O2. The molecule has 18 heavy (non-hydrogen) atoms. The lowest BCUT2D eigenvalue weighted by Gasteiger charge is -2.32. The Balaban J connectivity index is 2.23. The fourth-order valence-corrected chi connectivity index (χ4v) is 1.56. The smallest absolute Gasteiger partial charge is 0.398 e. The number of aromatic nitrogens is 2. The Labute approximate surface area is 103 Å². The van der Waals surface area contributed by atoms with Gasteiger partial charge < -0.3 is 9.31 Å². The lowest BCUT2D eigenvalue weighted by molar-refractivity contribution is -0.204. The first-order valence-electron chi connectivity index (χ1n) is 5.50. The molecule has 0 spiro atoms. The lowest BCUT2D eigenvalue weighted by atomic mass is 9.86. The summed E-state index contributed by atoms with van der Waals surface area (Å²) in [7, 11) is -0.876. The standard InChI is InChI=1S/C10H14BF3N2O2/c1-8(2)9(3,4)18-11(17-8)7-5-16(6-15-7)10(12,13)14/h5-6H,1-4H3. The third-order valence-electron chi connectivity index (χ3n) is 3.39. The van der Waals surface area contributed by atoms with E-state index in [9.17, 15) is 13.2 Å². The highest BCUT2D eigenvalue weighted by molar-refractivity contribution is 6.61. The highest BCUT2D eigenvalue weighted by Gasteiger charge is 2.52. The summed E-state index contributed by atoms with van der Waals surface area (Å²) in [6, 6.07) is 0. The van der Waals surface area contributed by atoms with E-state index < -0.39 is 24.6 Å². The van der Waals surface area contributed by atoms with Crippen molar-refractivity contribution in [3.63, 3.8) is 0 Å². The number of alkyl halides is 3. The molecule has 0 aromatic carbocycles. The first-order chi connectivity index (χ1) is 8.03. The number of hydrogen-bond donors (Lipinski definition) is 0. The van der Waals surface area contributed by atoms with Crippen molar-refractivity contribution in [2.45, 2.75) is 45.2 Å². The number of nitrogens with zero attached hydrogens (tertiary/aromatic N) is 2. The van der Waals surface area contributed by atoms with Crippen LogP contribution in [0.25, 0.3) is 0 Å². The van der Waals surface area contributed by atoms with Crippen molar-refractivity contribution in [2.24, 2.45) is 0 Å². The second-order valence-electron chi connectivity index (χ2n) is 5.26. The normalized spacial score (nSPS) is 22.5. The summed E-state index contributed by atoms with van der Waals surface area (Å²) in [6.07, 6.45) is -2.89. The predicted octanol–water partition coefficient (Wildman–Crippen LogP) is 1.66. The minimum atomic E-state index is -4.48. The molecule has 8 heteroatoms. The Hall–Kier alpha value is -1.02. The molecule has 1 saturated heterocycles. The van der Waals surface area contributed by atoms with Crippen LogP contribution in [0.4, 0.5) is 13.2 Å². The van der Waals surface area contributed by atoms with E-state index in [1.54, 1.807) is 0 Å². The van der Waals surface area contributed by atoms with Crippen LogP contribution in [0.3, 0.4) is 0 Å². The van der Waals surface area contributed by atoms with Crippen molar-refractivity contribution in [1.29, 1.82) is 0 Å². The third kappa shape index (κ3) is 2.14. The molecule has 1 fully saturated rings. The third-order valence-corrected chi connectivity index (χ3v) is 3.39. The highest BCUT2D eigenvalue weighted by atomic mass is 19.4. The van der Waals surface area contributed by atoms with E-state index >= 15 is 0 Å². The Kier molecular flexibility index (Phi) is 2.79. The summed E-state index contributed by atoms with van der Waals surface area (Å²) in [4.78, 5) is 3.69. The van der Waals surface area contributed by atoms with Crippen LogP contribution in [0.15, 0.2) is 12.5 Å². The van der Waals surface area contributed by atoms with Gasteiger partial charge in [-0.2, -0.15) is 0 Å². The van der Waals surface area contributed by atoms with Gasteiger partial charge >= 0.3 is 13.4 Å². The molecule has 100 valence electrons. The molecule has 4 nitrogen and oxygen atoms in total. The molecule has 0 atom stereocenters. The zero-order chi connectivity index (χ0) is 13.8. The molecule has 0 bridgehead atoms. The summed E-state index contributed by atoms with van der Waals surface area (Å²) in [5, 5.41) is 0. The molecular weight excluding hydrogens is 248 g/mol. The van der Waals surface area contributed by atoms with Gasteiger partial charge in [-0.15, -0.1) is 13.2 Å². The minimum Gasteiger partial charge on any atom is -0.398 e. The average molecular weight is 262 g/mol. The summed E-state index contributed by atoms with van der Waals surface area (Å²) >= 11 is 0. The fraction of sp³-hybridized carbons (Fsp3) is 0.700. The summed E-state index contributed by atoms with van der Waals surface area (Å²) < 4.78 is 48.6. The second-order valence-corrected chi connectivity index (χ2v) is 5.26. The maximum Gasteiger partial charge on any atom is 0.516 e. The molecule has 0 amide bonds. The van der Waals surface area contributed by atoms with E-state index in [1.165, 1.54) is 0 Å². The van der Waals surface area contributed by atoms with E-state index in [-0.39, 0.29) is 10.2 Å². The first-order valence-corrected chi connectivity index (χ1v) is 5.50. The first kappa shape index (κ1) is 13.4. The summed E-state index contributed by atoms with van der Waals surface area (Å²) in [5.41, 5.74) is -1.08. The van der Waals surface area contributed by atoms with Gasteiger partial charge in [-0.1, -0.05) is 0 Å². The van der Waals surface area contributed by atoms with Crippen molar-refractivity contribution in [3.8, 4) is 0 Å². The number of hydrogen-bond acceptors (Lipinski definition) is 3. The maximum absolute atomic E-state index is 12.4. The van der Waals surface area contributed by atoms with E-state index in [2.05, 4.69) is 4.98 Å². The zero-order valence-corrected chi connectivity index (χ0v) is 10.6. The van der Waals surface area contributed by atoms with E-state index in [1.807, 2.05) is 27.7 Å². The monoisotopic (exact) mass is 262 g/mol. The van der Waals surface area contributed by atoms with Crippen LogP contribution in [0, 0.1) is 0 Å². The number of halogens is 3. The average Bonchev–Trinajstić information content (AvgIpc) is 2.69. The van der Waals surface area contributed by atoms with Crippen LogP contribution in [-0.2, 0) is 15.6 Å². The number of rotatable bonds is 1. The second kappa shape index (κ2) is 3.74. The summed E-state index contributed by atoms with van der Waals surface area (Å²) in [5.74, 6) is 0. The summed E-state index contributed by atoms with van der Waals surface area (Å²) in [6.45, 7) is 7.31. The highest BCUT2D eigenvalue weighted by Crippen LogP contribution is 2.36. The molecule has 1 aliphatic rings. The van der Waals surface area contributed by atoms with Crippen LogP contribution in [0.1, 0.15) is 27.7 Å². The van der Waals surface area contributed by atoms with E-state index in [0.717, 1.165) is 6.20 Å². The van der Waals surface area contributed by atoms with Crippen molar-refractivity contribution in [1.82, 2.24) is 9.55 Å². The molecule has 2 heterocycles. The van der Waals surface area contributed by atoms with Crippen LogP contribution >= 0.6 is 0 Å². The van der Waals surface area contributed by atoms with Crippen LogP contribution in [0.5, 0.6) is 0 Å². The van der Waals surface area contributed by atoms with Gasteiger partial charge in [0.25, 0.3) is 0 Å². The lowest BCUT2D eigenvalue weighted by Crippen LogP contribution is -2.41. The molecule has 1 aromatic heterocycles. The van der Waals surface area contributed by atoms with Crippen molar-refractivity contribution in [3.05, 3.63) is 12.5 Å².